The lowest BCUT2D eigenvalue weighted by molar-refractivity contribution is -0.184. The van der Waals surface area contributed by atoms with Crippen molar-refractivity contribution in [2.75, 3.05) is 5.32 Å². The molecule has 0 heterocycles. The summed E-state index contributed by atoms with van der Waals surface area (Å²) in [5, 5.41) is 10.3. The second kappa shape index (κ2) is 5.08. The largest absolute Gasteiger partial charge is 0.478 e. The van der Waals surface area contributed by atoms with Crippen molar-refractivity contribution in [1.82, 2.24) is 0 Å². The minimum atomic E-state index is -5.02. The van der Waals surface area contributed by atoms with Gasteiger partial charge in [-0.3, -0.25) is 4.79 Å². The SMILES string of the molecule is CC(N)(C(=O)Nc1ccc(C(=O)O)cc1F)C(F)(F)F. The summed E-state index contributed by atoms with van der Waals surface area (Å²) in [6.45, 7) is 0.436. The summed E-state index contributed by atoms with van der Waals surface area (Å²) in [7, 11) is 0. The highest BCUT2D eigenvalue weighted by Gasteiger charge is 2.54. The van der Waals surface area contributed by atoms with E-state index in [0.29, 0.717) is 13.0 Å². The van der Waals surface area contributed by atoms with Crippen LogP contribution in [0.2, 0.25) is 0 Å². The molecular formula is C11H10F4N2O3. The van der Waals surface area contributed by atoms with Crippen LogP contribution in [0.1, 0.15) is 17.3 Å². The summed E-state index contributed by atoms with van der Waals surface area (Å²) in [5.74, 6) is -4.26. The molecule has 9 heteroatoms. The van der Waals surface area contributed by atoms with Gasteiger partial charge in [0.25, 0.3) is 5.91 Å². The monoisotopic (exact) mass is 294 g/mol. The van der Waals surface area contributed by atoms with Crippen molar-refractivity contribution in [2.24, 2.45) is 5.73 Å². The van der Waals surface area contributed by atoms with Crippen LogP contribution in [-0.2, 0) is 4.79 Å². The van der Waals surface area contributed by atoms with Crippen LogP contribution in [0.5, 0.6) is 0 Å². The number of carboxylic acid groups (broad SMARTS) is 1. The molecule has 0 radical (unpaired) electrons. The minimum Gasteiger partial charge on any atom is -0.478 e. The first-order valence-electron chi connectivity index (χ1n) is 5.16. The van der Waals surface area contributed by atoms with E-state index in [0.717, 1.165) is 12.1 Å². The smallest absolute Gasteiger partial charge is 0.415 e. The summed E-state index contributed by atoms with van der Waals surface area (Å²) < 4.78 is 51.0. The number of alkyl halides is 3. The van der Waals surface area contributed by atoms with Crippen molar-refractivity contribution in [2.45, 2.75) is 18.6 Å². The van der Waals surface area contributed by atoms with Crippen molar-refractivity contribution in [3.05, 3.63) is 29.6 Å². The summed E-state index contributed by atoms with van der Waals surface area (Å²) >= 11 is 0. The molecule has 0 spiro atoms. The number of carbonyl (C=O) groups is 2. The Morgan fingerprint density at radius 1 is 1.30 bits per heavy atom. The average molecular weight is 294 g/mol. The minimum absolute atomic E-state index is 0.410. The van der Waals surface area contributed by atoms with Crippen LogP contribution in [-0.4, -0.2) is 28.7 Å². The van der Waals surface area contributed by atoms with E-state index in [2.05, 4.69) is 0 Å². The van der Waals surface area contributed by atoms with Crippen molar-refractivity contribution in [3.8, 4) is 0 Å². The lowest BCUT2D eigenvalue weighted by Crippen LogP contribution is -2.59. The molecule has 0 saturated carbocycles. The standard InChI is InChI=1S/C11H10F4N2O3/c1-10(16,11(13,14)15)9(20)17-7-3-2-5(8(18)19)4-6(7)12/h2-4H,16H2,1H3,(H,17,20)(H,18,19). The fourth-order valence-corrected chi connectivity index (χ4v) is 1.13. The zero-order valence-electron chi connectivity index (χ0n) is 10.1. The van der Waals surface area contributed by atoms with Crippen LogP contribution in [0, 0.1) is 5.82 Å². The van der Waals surface area contributed by atoms with Crippen LogP contribution in [0.4, 0.5) is 23.2 Å². The number of benzene rings is 1. The number of nitrogens with two attached hydrogens (primary N) is 1. The number of hydrogen-bond donors (Lipinski definition) is 3. The van der Waals surface area contributed by atoms with Gasteiger partial charge in [-0.1, -0.05) is 0 Å². The van der Waals surface area contributed by atoms with E-state index in [9.17, 15) is 27.2 Å². The van der Waals surface area contributed by atoms with E-state index in [1.165, 1.54) is 0 Å². The Morgan fingerprint density at radius 3 is 2.25 bits per heavy atom. The number of carbonyl (C=O) groups excluding carboxylic acids is 1. The molecule has 1 rings (SSSR count). The number of amides is 1. The Balaban J connectivity index is 3.00. The average Bonchev–Trinajstić information content (AvgIpc) is 2.29. The number of nitrogens with one attached hydrogen (secondary N) is 1. The highest BCUT2D eigenvalue weighted by molar-refractivity contribution is 5.99. The molecule has 4 N–H and O–H groups in total. The highest BCUT2D eigenvalue weighted by Crippen LogP contribution is 2.29. The van der Waals surface area contributed by atoms with E-state index in [1.54, 1.807) is 5.32 Å². The third-order valence-electron chi connectivity index (χ3n) is 2.52. The van der Waals surface area contributed by atoms with Crippen LogP contribution in [0.3, 0.4) is 0 Å². The van der Waals surface area contributed by atoms with Gasteiger partial charge >= 0.3 is 12.1 Å². The second-order valence-corrected chi connectivity index (χ2v) is 4.15. The lowest BCUT2D eigenvalue weighted by atomic mass is 10.0. The molecule has 0 aromatic heterocycles. The van der Waals surface area contributed by atoms with E-state index in [1.807, 2.05) is 0 Å². The van der Waals surface area contributed by atoms with Crippen molar-refractivity contribution in [1.29, 1.82) is 0 Å². The van der Waals surface area contributed by atoms with Crippen molar-refractivity contribution >= 4 is 17.6 Å². The maximum Gasteiger partial charge on any atom is 0.415 e. The van der Waals surface area contributed by atoms with Gasteiger partial charge in [-0.05, 0) is 25.1 Å². The van der Waals surface area contributed by atoms with Gasteiger partial charge in [0.05, 0.1) is 11.3 Å². The van der Waals surface area contributed by atoms with Crippen molar-refractivity contribution in [3.63, 3.8) is 0 Å². The highest BCUT2D eigenvalue weighted by atomic mass is 19.4. The molecule has 0 saturated heterocycles. The van der Waals surface area contributed by atoms with Crippen LogP contribution >= 0.6 is 0 Å². The third kappa shape index (κ3) is 3.05. The van der Waals surface area contributed by atoms with Gasteiger partial charge in [0, 0.05) is 0 Å². The molecule has 1 atom stereocenters. The van der Waals surface area contributed by atoms with Crippen molar-refractivity contribution < 1.29 is 32.3 Å². The molecule has 1 unspecified atom stereocenters. The number of carboxylic acids is 1. The topological polar surface area (TPSA) is 92.4 Å². The predicted molar refractivity (Wildman–Crippen MR) is 60.6 cm³/mol. The first-order chi connectivity index (χ1) is 8.96. The fourth-order valence-electron chi connectivity index (χ4n) is 1.13. The predicted octanol–water partition coefficient (Wildman–Crippen LogP) is 1.74. The normalized spacial score (nSPS) is 14.5. The molecule has 0 aliphatic carbocycles. The first-order valence-corrected chi connectivity index (χ1v) is 5.16. The summed E-state index contributed by atoms with van der Waals surface area (Å²) in [6.07, 6.45) is -5.02. The Morgan fingerprint density at radius 2 is 1.85 bits per heavy atom. The Bertz CT molecular complexity index is 555. The Labute approximate surface area is 110 Å². The van der Waals surface area contributed by atoms with E-state index in [4.69, 9.17) is 10.8 Å². The number of hydrogen-bond acceptors (Lipinski definition) is 3. The van der Waals surface area contributed by atoms with Gasteiger partial charge in [-0.25, -0.2) is 9.18 Å². The molecule has 1 amide bonds. The van der Waals surface area contributed by atoms with Crippen LogP contribution < -0.4 is 11.1 Å². The fraction of sp³-hybridized carbons (Fsp3) is 0.273. The first kappa shape index (κ1) is 15.9. The van der Waals surface area contributed by atoms with Gasteiger partial charge in [-0.15, -0.1) is 0 Å². The zero-order chi connectivity index (χ0) is 15.7. The van der Waals surface area contributed by atoms with Crippen LogP contribution in [0.15, 0.2) is 18.2 Å². The van der Waals surface area contributed by atoms with Gasteiger partial charge in [0.1, 0.15) is 5.82 Å². The summed E-state index contributed by atoms with van der Waals surface area (Å²) in [6, 6.07) is 2.34. The van der Waals surface area contributed by atoms with E-state index in [-0.39, 0.29) is 0 Å². The summed E-state index contributed by atoms with van der Waals surface area (Å²) in [5.41, 5.74) is 0.650. The number of aromatic carboxylic acids is 1. The second-order valence-electron chi connectivity index (χ2n) is 4.15. The number of anilines is 1. The number of rotatable bonds is 3. The third-order valence-corrected chi connectivity index (χ3v) is 2.52. The molecule has 0 fully saturated rings. The molecule has 110 valence electrons. The lowest BCUT2D eigenvalue weighted by Gasteiger charge is -2.26. The van der Waals surface area contributed by atoms with Gasteiger partial charge in [0.15, 0.2) is 5.54 Å². The molecule has 5 nitrogen and oxygen atoms in total. The van der Waals surface area contributed by atoms with Crippen LogP contribution in [0.25, 0.3) is 0 Å². The molecular weight excluding hydrogens is 284 g/mol. The Kier molecular flexibility index (Phi) is 4.04. The molecule has 1 aromatic carbocycles. The van der Waals surface area contributed by atoms with E-state index < -0.39 is 40.7 Å². The molecule has 0 aliphatic heterocycles. The van der Waals surface area contributed by atoms with Gasteiger partial charge in [0.2, 0.25) is 0 Å². The number of halogens is 4. The summed E-state index contributed by atoms with van der Waals surface area (Å²) in [4.78, 5) is 22.0. The maximum atomic E-state index is 13.5. The quantitative estimate of drug-likeness (QED) is 0.740. The molecule has 20 heavy (non-hydrogen) atoms. The Hall–Kier alpha value is -2.16. The van der Waals surface area contributed by atoms with Gasteiger partial charge in [-0.2, -0.15) is 13.2 Å². The zero-order valence-corrected chi connectivity index (χ0v) is 10.1. The molecule has 1 aromatic rings. The van der Waals surface area contributed by atoms with E-state index >= 15 is 0 Å². The molecule has 0 bridgehead atoms. The molecule has 0 aliphatic rings. The van der Waals surface area contributed by atoms with Gasteiger partial charge < -0.3 is 16.2 Å². The maximum absolute atomic E-state index is 13.5.